The number of aromatic nitrogens is 5. The fraction of sp³-hybridized carbons (Fsp3) is 0.231. The zero-order valence-electron chi connectivity index (χ0n) is 22.5. The molecule has 4 aromatic rings. The van der Waals surface area contributed by atoms with Crippen LogP contribution in [0, 0.1) is 24.0 Å². The Hall–Kier alpha value is -5.60. The van der Waals surface area contributed by atoms with Gasteiger partial charge in [-0.2, -0.15) is 5.10 Å². The van der Waals surface area contributed by atoms with E-state index in [0.29, 0.717) is 29.0 Å². The summed E-state index contributed by atoms with van der Waals surface area (Å²) in [6, 6.07) is 5.94. The van der Waals surface area contributed by atoms with Gasteiger partial charge in [0.1, 0.15) is 5.69 Å². The first-order valence-electron chi connectivity index (χ1n) is 12.5. The number of primary amides is 2. The number of nitrogens with two attached hydrogens (primary N) is 2. The number of fused-ring (bicyclic) bond motifs is 1. The SMILES string of the molecule is CCn1nc(C)cc1C(=O)Nc1nc2cc(C(N)=O)cc(C)c2n1C/C=C/CNc1ncc(C(N)=O)cc1[N+](=O)[O-]. The Bertz CT molecular complexity index is 1720. The van der Waals surface area contributed by atoms with Gasteiger partial charge in [-0.3, -0.25) is 34.5 Å². The summed E-state index contributed by atoms with van der Waals surface area (Å²) >= 11 is 0. The van der Waals surface area contributed by atoms with Crippen LogP contribution in [0.5, 0.6) is 0 Å². The second kappa shape index (κ2) is 11.6. The number of hydrogen-bond donors (Lipinski definition) is 4. The first kappa shape index (κ1) is 28.4. The molecule has 0 unspecified atom stereocenters. The smallest absolute Gasteiger partial charge is 0.312 e. The number of benzene rings is 1. The molecule has 4 rings (SSSR count). The lowest BCUT2D eigenvalue weighted by molar-refractivity contribution is -0.384. The molecule has 1 aromatic carbocycles. The highest BCUT2D eigenvalue weighted by Gasteiger charge is 2.20. The van der Waals surface area contributed by atoms with Crippen molar-refractivity contribution in [1.29, 1.82) is 0 Å². The third-order valence-electron chi connectivity index (χ3n) is 6.17. The molecule has 0 aliphatic rings. The van der Waals surface area contributed by atoms with E-state index in [1.165, 1.54) is 0 Å². The normalized spacial score (nSPS) is 11.2. The monoisotopic (exact) mass is 560 g/mol. The molecule has 3 aromatic heterocycles. The maximum absolute atomic E-state index is 13.2. The van der Waals surface area contributed by atoms with Crippen molar-refractivity contribution in [2.45, 2.75) is 33.9 Å². The van der Waals surface area contributed by atoms with Gasteiger partial charge in [0.2, 0.25) is 17.7 Å². The van der Waals surface area contributed by atoms with Crippen LogP contribution in [0.1, 0.15) is 49.4 Å². The van der Waals surface area contributed by atoms with E-state index in [-0.39, 0.29) is 41.7 Å². The molecule has 0 atom stereocenters. The van der Waals surface area contributed by atoms with Gasteiger partial charge in [-0.05, 0) is 44.5 Å². The van der Waals surface area contributed by atoms with Crippen LogP contribution in [0.2, 0.25) is 0 Å². The number of allylic oxidation sites excluding steroid dienone is 1. The number of amides is 3. The number of nitrogens with zero attached hydrogens (tertiary/aromatic N) is 6. The maximum atomic E-state index is 13.2. The number of imidazole rings is 1. The van der Waals surface area contributed by atoms with Crippen molar-refractivity contribution in [1.82, 2.24) is 24.3 Å². The van der Waals surface area contributed by atoms with Crippen LogP contribution in [0.4, 0.5) is 17.5 Å². The molecule has 0 aliphatic heterocycles. The lowest BCUT2D eigenvalue weighted by Gasteiger charge is -2.10. The third-order valence-corrected chi connectivity index (χ3v) is 6.17. The van der Waals surface area contributed by atoms with Crippen LogP contribution >= 0.6 is 0 Å². The highest BCUT2D eigenvalue weighted by atomic mass is 16.6. The maximum Gasteiger partial charge on any atom is 0.312 e. The molecular weight excluding hydrogens is 532 g/mol. The van der Waals surface area contributed by atoms with Gasteiger partial charge >= 0.3 is 5.69 Å². The van der Waals surface area contributed by atoms with Gasteiger partial charge in [-0.25, -0.2) is 9.97 Å². The number of nitro groups is 1. The summed E-state index contributed by atoms with van der Waals surface area (Å²) in [6.07, 6.45) is 4.64. The van der Waals surface area contributed by atoms with E-state index in [2.05, 4.69) is 25.7 Å². The van der Waals surface area contributed by atoms with E-state index in [1.54, 1.807) is 53.4 Å². The van der Waals surface area contributed by atoms with E-state index in [0.717, 1.165) is 17.8 Å². The number of aryl methyl sites for hydroxylation is 3. The fourth-order valence-corrected chi connectivity index (χ4v) is 4.31. The van der Waals surface area contributed by atoms with Crippen LogP contribution in [-0.2, 0) is 13.1 Å². The van der Waals surface area contributed by atoms with E-state index < -0.39 is 22.6 Å². The summed E-state index contributed by atoms with van der Waals surface area (Å²) in [5.41, 5.74) is 13.4. The van der Waals surface area contributed by atoms with Crippen molar-refractivity contribution in [3.05, 3.63) is 80.8 Å². The number of rotatable bonds is 11. The lowest BCUT2D eigenvalue weighted by atomic mass is 10.1. The van der Waals surface area contributed by atoms with Gasteiger partial charge in [0.25, 0.3) is 11.8 Å². The molecule has 0 fully saturated rings. The summed E-state index contributed by atoms with van der Waals surface area (Å²) in [4.78, 5) is 55.6. The predicted molar refractivity (Wildman–Crippen MR) is 151 cm³/mol. The zero-order chi connectivity index (χ0) is 29.8. The van der Waals surface area contributed by atoms with E-state index >= 15 is 0 Å². The van der Waals surface area contributed by atoms with Crippen molar-refractivity contribution in [3.63, 3.8) is 0 Å². The van der Waals surface area contributed by atoms with Crippen molar-refractivity contribution >= 4 is 46.2 Å². The average molecular weight is 561 g/mol. The standard InChI is InChI=1S/C26H28N10O5/c1-4-35-20(10-15(3)33-35)25(39)32-26-31-18-11-16(22(27)37)9-14(2)21(18)34(26)8-6-5-7-29-24-19(36(40)41)12-17(13-30-24)23(28)38/h5-6,9-13H,4,7-8H2,1-3H3,(H2,27,37)(H2,28,38)(H,29,30)(H,31,32,39)/b6-5+. The molecule has 0 saturated carbocycles. The Morgan fingerprint density at radius 1 is 1.07 bits per heavy atom. The molecule has 3 heterocycles. The number of anilines is 2. The minimum absolute atomic E-state index is 0.0247. The Morgan fingerprint density at radius 3 is 2.46 bits per heavy atom. The Morgan fingerprint density at radius 2 is 1.80 bits per heavy atom. The Kier molecular flexibility index (Phi) is 8.07. The molecule has 15 nitrogen and oxygen atoms in total. The highest BCUT2D eigenvalue weighted by molar-refractivity contribution is 6.04. The van der Waals surface area contributed by atoms with E-state index in [9.17, 15) is 24.5 Å². The summed E-state index contributed by atoms with van der Waals surface area (Å²) in [5.74, 6) is -1.61. The quantitative estimate of drug-likeness (QED) is 0.120. The number of hydrogen-bond acceptors (Lipinski definition) is 9. The molecule has 0 aliphatic carbocycles. The third kappa shape index (κ3) is 6.03. The predicted octanol–water partition coefficient (Wildman–Crippen LogP) is 2.29. The minimum Gasteiger partial charge on any atom is -0.366 e. The van der Waals surface area contributed by atoms with Gasteiger partial charge in [0.15, 0.2) is 0 Å². The van der Waals surface area contributed by atoms with Crippen LogP contribution in [0.25, 0.3) is 11.0 Å². The van der Waals surface area contributed by atoms with Crippen molar-refractivity contribution < 1.29 is 19.3 Å². The lowest BCUT2D eigenvalue weighted by Crippen LogP contribution is -2.20. The molecule has 0 bridgehead atoms. The fourth-order valence-electron chi connectivity index (χ4n) is 4.31. The molecule has 3 amide bonds. The molecule has 212 valence electrons. The van der Waals surface area contributed by atoms with E-state index in [1.807, 2.05) is 6.92 Å². The van der Waals surface area contributed by atoms with E-state index in [4.69, 9.17) is 11.5 Å². The van der Waals surface area contributed by atoms with Gasteiger partial charge in [-0.15, -0.1) is 0 Å². The summed E-state index contributed by atoms with van der Waals surface area (Å²) < 4.78 is 3.36. The van der Waals surface area contributed by atoms with Gasteiger partial charge in [0.05, 0.1) is 27.2 Å². The minimum atomic E-state index is -0.824. The number of carbonyl (C=O) groups is 3. The van der Waals surface area contributed by atoms with Crippen LogP contribution in [-0.4, -0.2) is 53.5 Å². The average Bonchev–Trinajstić information content (AvgIpc) is 3.48. The second-order valence-electron chi connectivity index (χ2n) is 9.08. The number of carbonyl (C=O) groups excluding carboxylic acids is 3. The van der Waals surface area contributed by atoms with Crippen molar-refractivity contribution in [2.75, 3.05) is 17.2 Å². The Labute approximate surface area is 233 Å². The molecule has 0 radical (unpaired) electrons. The summed E-state index contributed by atoms with van der Waals surface area (Å²) in [6.45, 7) is 6.40. The van der Waals surface area contributed by atoms with Crippen molar-refractivity contribution in [3.8, 4) is 0 Å². The zero-order valence-corrected chi connectivity index (χ0v) is 22.5. The van der Waals surface area contributed by atoms with Gasteiger partial charge < -0.3 is 21.4 Å². The molecule has 15 heteroatoms. The van der Waals surface area contributed by atoms with Crippen molar-refractivity contribution in [2.24, 2.45) is 11.5 Å². The molecule has 41 heavy (non-hydrogen) atoms. The van der Waals surface area contributed by atoms with Gasteiger partial charge in [0, 0.05) is 37.5 Å². The van der Waals surface area contributed by atoms with Crippen LogP contribution in [0.3, 0.4) is 0 Å². The number of nitrogens with one attached hydrogen (secondary N) is 2. The highest BCUT2D eigenvalue weighted by Crippen LogP contribution is 2.26. The Balaban J connectivity index is 1.61. The molecule has 0 spiro atoms. The summed E-state index contributed by atoms with van der Waals surface area (Å²) in [7, 11) is 0. The topological polar surface area (TPSA) is 219 Å². The number of pyridine rings is 1. The second-order valence-corrected chi connectivity index (χ2v) is 9.08. The van der Waals surface area contributed by atoms with Crippen LogP contribution in [0.15, 0.2) is 42.6 Å². The van der Waals surface area contributed by atoms with Crippen LogP contribution < -0.4 is 22.1 Å². The molecule has 6 N–H and O–H groups in total. The van der Waals surface area contributed by atoms with Gasteiger partial charge in [-0.1, -0.05) is 12.2 Å². The molecule has 0 saturated heterocycles. The summed E-state index contributed by atoms with van der Waals surface area (Å²) in [5, 5.41) is 21.4. The first-order chi connectivity index (χ1) is 19.5. The molecular formula is C26H28N10O5. The largest absolute Gasteiger partial charge is 0.366 e. The first-order valence-corrected chi connectivity index (χ1v) is 12.5.